The number of aromatic nitrogens is 2. The second-order valence-electron chi connectivity index (χ2n) is 3.49. The van der Waals surface area contributed by atoms with Gasteiger partial charge in [0.25, 0.3) is 5.56 Å². The number of H-pyrrole nitrogens is 1. The highest BCUT2D eigenvalue weighted by Crippen LogP contribution is 2.19. The maximum atomic E-state index is 11.9. The minimum Gasteiger partial charge on any atom is -0.496 e. The maximum Gasteiger partial charge on any atom is 0.374 e. The monoisotopic (exact) mass is 248 g/mol. The lowest BCUT2D eigenvalue weighted by Crippen LogP contribution is -2.18. The summed E-state index contributed by atoms with van der Waals surface area (Å²) < 4.78 is 9.87. The molecular formula is C12H12N2O4. The molecule has 0 fully saturated rings. The van der Waals surface area contributed by atoms with E-state index in [0.29, 0.717) is 16.7 Å². The molecular weight excluding hydrogens is 236 g/mol. The molecule has 1 aromatic carbocycles. The second kappa shape index (κ2) is 4.87. The first-order valence-electron chi connectivity index (χ1n) is 5.41. The molecule has 0 saturated heterocycles. The molecule has 0 spiro atoms. The number of ether oxygens (including phenoxy) is 2. The maximum absolute atomic E-state index is 11.9. The number of aromatic amines is 1. The van der Waals surface area contributed by atoms with Crippen molar-refractivity contribution in [3.8, 4) is 5.75 Å². The van der Waals surface area contributed by atoms with Crippen LogP contribution in [0.1, 0.15) is 17.5 Å². The van der Waals surface area contributed by atoms with Crippen molar-refractivity contribution >= 4 is 16.9 Å². The minimum absolute atomic E-state index is 0.109. The highest BCUT2D eigenvalue weighted by molar-refractivity contribution is 5.90. The summed E-state index contributed by atoms with van der Waals surface area (Å²) in [5.74, 6) is -0.349. The van der Waals surface area contributed by atoms with Gasteiger partial charge in [0.1, 0.15) is 11.1 Å². The summed E-state index contributed by atoms with van der Waals surface area (Å²) in [5, 5.41) is 0.313. The summed E-state index contributed by atoms with van der Waals surface area (Å²) in [4.78, 5) is 29.9. The number of fused-ring (bicyclic) bond motifs is 1. The number of nitrogens with one attached hydrogen (secondary N) is 1. The van der Waals surface area contributed by atoms with E-state index in [-0.39, 0.29) is 12.4 Å². The average Bonchev–Trinajstić information content (AvgIpc) is 2.38. The number of hydrogen-bond donors (Lipinski definition) is 1. The quantitative estimate of drug-likeness (QED) is 0.823. The Labute approximate surface area is 103 Å². The average molecular weight is 248 g/mol. The summed E-state index contributed by atoms with van der Waals surface area (Å²) in [6.45, 7) is 1.90. The molecule has 0 unspecified atom stereocenters. The van der Waals surface area contributed by atoms with E-state index in [4.69, 9.17) is 9.47 Å². The van der Waals surface area contributed by atoms with Crippen molar-refractivity contribution in [2.24, 2.45) is 0 Å². The van der Waals surface area contributed by atoms with Gasteiger partial charge in [0.2, 0.25) is 5.82 Å². The Morgan fingerprint density at radius 2 is 2.22 bits per heavy atom. The zero-order valence-corrected chi connectivity index (χ0v) is 10.0. The number of carbonyl (C=O) groups excluding carboxylic acids is 1. The van der Waals surface area contributed by atoms with Gasteiger partial charge in [-0.15, -0.1) is 0 Å². The Kier molecular flexibility index (Phi) is 3.27. The van der Waals surface area contributed by atoms with E-state index in [1.807, 2.05) is 0 Å². The number of esters is 1. The number of benzene rings is 1. The summed E-state index contributed by atoms with van der Waals surface area (Å²) in [6.07, 6.45) is 0. The first kappa shape index (κ1) is 12.1. The van der Waals surface area contributed by atoms with Crippen LogP contribution in [0.3, 0.4) is 0 Å². The zero-order valence-electron chi connectivity index (χ0n) is 10.0. The lowest BCUT2D eigenvalue weighted by Gasteiger charge is -2.05. The number of methoxy groups -OCH3 is 1. The van der Waals surface area contributed by atoms with Crippen LogP contribution in [-0.4, -0.2) is 29.7 Å². The van der Waals surface area contributed by atoms with Gasteiger partial charge < -0.3 is 14.5 Å². The highest BCUT2D eigenvalue weighted by Gasteiger charge is 2.14. The van der Waals surface area contributed by atoms with Crippen molar-refractivity contribution < 1.29 is 14.3 Å². The lowest BCUT2D eigenvalue weighted by molar-refractivity contribution is 0.0512. The third kappa shape index (κ3) is 2.04. The molecule has 94 valence electrons. The van der Waals surface area contributed by atoms with Crippen LogP contribution >= 0.6 is 0 Å². The van der Waals surface area contributed by atoms with Gasteiger partial charge in [-0.05, 0) is 19.1 Å². The van der Waals surface area contributed by atoms with E-state index < -0.39 is 11.5 Å². The standard InChI is InChI=1S/C12H12N2O4/c1-3-18-12(16)10-13-7-5-4-6-8(17-2)9(7)11(15)14-10/h4-6H,3H2,1-2H3,(H,13,14,15). The zero-order chi connectivity index (χ0) is 13.1. The molecule has 0 atom stereocenters. The molecule has 18 heavy (non-hydrogen) atoms. The van der Waals surface area contributed by atoms with E-state index in [1.54, 1.807) is 25.1 Å². The number of hydrogen-bond acceptors (Lipinski definition) is 5. The predicted octanol–water partition coefficient (Wildman–Crippen LogP) is 1.11. The molecule has 0 saturated carbocycles. The van der Waals surface area contributed by atoms with Gasteiger partial charge in [-0.3, -0.25) is 4.79 Å². The van der Waals surface area contributed by atoms with Gasteiger partial charge in [0.05, 0.1) is 19.2 Å². The van der Waals surface area contributed by atoms with Gasteiger partial charge in [-0.2, -0.15) is 0 Å². The van der Waals surface area contributed by atoms with Gasteiger partial charge in [0, 0.05) is 0 Å². The fraction of sp³-hybridized carbons (Fsp3) is 0.250. The summed E-state index contributed by atoms with van der Waals surface area (Å²) in [6, 6.07) is 4.99. The molecule has 0 aliphatic heterocycles. The van der Waals surface area contributed by atoms with Crippen molar-refractivity contribution in [3.63, 3.8) is 0 Å². The Hall–Kier alpha value is -2.37. The van der Waals surface area contributed by atoms with Gasteiger partial charge in [-0.25, -0.2) is 9.78 Å². The normalized spacial score (nSPS) is 10.3. The Morgan fingerprint density at radius 1 is 1.44 bits per heavy atom. The molecule has 6 heteroatoms. The number of nitrogens with zero attached hydrogens (tertiary/aromatic N) is 1. The van der Waals surface area contributed by atoms with Crippen molar-refractivity contribution in [1.29, 1.82) is 0 Å². The van der Waals surface area contributed by atoms with Crippen molar-refractivity contribution in [2.75, 3.05) is 13.7 Å². The first-order valence-corrected chi connectivity index (χ1v) is 5.41. The van der Waals surface area contributed by atoms with E-state index in [1.165, 1.54) is 7.11 Å². The van der Waals surface area contributed by atoms with Crippen LogP contribution in [-0.2, 0) is 4.74 Å². The number of rotatable bonds is 3. The Bertz CT molecular complexity index is 648. The van der Waals surface area contributed by atoms with E-state index >= 15 is 0 Å². The SMILES string of the molecule is CCOC(=O)c1nc2cccc(OC)c2c(=O)[nH]1. The first-order chi connectivity index (χ1) is 8.67. The smallest absolute Gasteiger partial charge is 0.374 e. The molecule has 0 amide bonds. The Balaban J connectivity index is 2.64. The van der Waals surface area contributed by atoms with Crippen LogP contribution in [0.5, 0.6) is 5.75 Å². The van der Waals surface area contributed by atoms with Gasteiger partial charge >= 0.3 is 5.97 Å². The van der Waals surface area contributed by atoms with Crippen molar-refractivity contribution in [1.82, 2.24) is 9.97 Å². The third-order valence-electron chi connectivity index (χ3n) is 2.38. The molecule has 2 aromatic rings. The topological polar surface area (TPSA) is 81.3 Å². The van der Waals surface area contributed by atoms with Crippen molar-refractivity contribution in [2.45, 2.75) is 6.92 Å². The molecule has 0 radical (unpaired) electrons. The summed E-state index contributed by atoms with van der Waals surface area (Å²) >= 11 is 0. The molecule has 6 nitrogen and oxygen atoms in total. The minimum atomic E-state index is -0.653. The fourth-order valence-electron chi connectivity index (χ4n) is 1.63. The van der Waals surface area contributed by atoms with Crippen LogP contribution in [0.2, 0.25) is 0 Å². The fourth-order valence-corrected chi connectivity index (χ4v) is 1.63. The third-order valence-corrected chi connectivity index (χ3v) is 2.38. The molecule has 0 aliphatic rings. The highest BCUT2D eigenvalue weighted by atomic mass is 16.5. The van der Waals surface area contributed by atoms with Crippen LogP contribution in [0.25, 0.3) is 10.9 Å². The molecule has 1 N–H and O–H groups in total. The molecule has 2 rings (SSSR count). The molecule has 1 heterocycles. The molecule has 1 aromatic heterocycles. The predicted molar refractivity (Wildman–Crippen MR) is 64.9 cm³/mol. The molecule has 0 bridgehead atoms. The second-order valence-corrected chi connectivity index (χ2v) is 3.49. The van der Waals surface area contributed by atoms with E-state index in [9.17, 15) is 9.59 Å². The molecule has 0 aliphatic carbocycles. The van der Waals surface area contributed by atoms with Crippen LogP contribution in [0, 0.1) is 0 Å². The Morgan fingerprint density at radius 3 is 2.89 bits per heavy atom. The van der Waals surface area contributed by atoms with Crippen LogP contribution in [0.15, 0.2) is 23.0 Å². The largest absolute Gasteiger partial charge is 0.496 e. The summed E-state index contributed by atoms with van der Waals surface area (Å²) in [7, 11) is 1.47. The van der Waals surface area contributed by atoms with Crippen LogP contribution < -0.4 is 10.3 Å². The summed E-state index contributed by atoms with van der Waals surface area (Å²) in [5.41, 5.74) is -0.0401. The lowest BCUT2D eigenvalue weighted by atomic mass is 10.2. The van der Waals surface area contributed by atoms with E-state index in [0.717, 1.165) is 0 Å². The van der Waals surface area contributed by atoms with E-state index in [2.05, 4.69) is 9.97 Å². The van der Waals surface area contributed by atoms with Crippen molar-refractivity contribution in [3.05, 3.63) is 34.4 Å². The van der Waals surface area contributed by atoms with Gasteiger partial charge in [-0.1, -0.05) is 6.07 Å². The van der Waals surface area contributed by atoms with Crippen LogP contribution in [0.4, 0.5) is 0 Å². The van der Waals surface area contributed by atoms with Gasteiger partial charge in [0.15, 0.2) is 0 Å². The number of carbonyl (C=O) groups is 1.